The third kappa shape index (κ3) is 2.20. The molecule has 0 saturated carbocycles. The van der Waals surface area contributed by atoms with Crippen LogP contribution in [0.3, 0.4) is 0 Å². The smallest absolute Gasteiger partial charge is 0.195 e. The fraction of sp³-hybridized carbons (Fsp3) is 0.235. The van der Waals surface area contributed by atoms with Gasteiger partial charge in [-0.15, -0.1) is 0 Å². The normalized spacial score (nSPS) is 17.6. The summed E-state index contributed by atoms with van der Waals surface area (Å²) in [5, 5.41) is 0. The molecule has 2 aromatic carbocycles. The van der Waals surface area contributed by atoms with E-state index in [-0.39, 0.29) is 5.78 Å². The van der Waals surface area contributed by atoms with Gasteiger partial charge in [0, 0.05) is 29.1 Å². The fourth-order valence-electron chi connectivity index (χ4n) is 2.89. The minimum Gasteiger partial charge on any atom is -0.379 e. The van der Waals surface area contributed by atoms with Gasteiger partial charge < -0.3 is 4.74 Å². The molecule has 0 bridgehead atoms. The number of carbonyl (C=O) groups is 1. The second-order valence-electron chi connectivity index (χ2n) is 5.19. The van der Waals surface area contributed by atoms with Gasteiger partial charge in [-0.1, -0.05) is 36.4 Å². The lowest BCUT2D eigenvalue weighted by atomic mass is 10.1. The molecule has 0 spiro atoms. The number of carbonyl (C=O) groups excluding carboxylic acids is 1. The Morgan fingerprint density at radius 1 is 0.905 bits per heavy atom. The second kappa shape index (κ2) is 5.30. The summed E-state index contributed by atoms with van der Waals surface area (Å²) < 4.78 is 7.65. The molecule has 1 fully saturated rings. The summed E-state index contributed by atoms with van der Waals surface area (Å²) in [5.74, 6) is 0.150. The predicted molar refractivity (Wildman–Crippen MR) is 83.6 cm³/mol. The molecular weight excluding hydrogens is 282 g/mol. The van der Waals surface area contributed by atoms with Crippen molar-refractivity contribution in [2.45, 2.75) is 4.90 Å². The molecule has 0 unspecified atom stereocenters. The Morgan fingerprint density at radius 3 is 2.43 bits per heavy atom. The number of ether oxygens (including phenoxy) is 1. The van der Waals surface area contributed by atoms with Crippen molar-refractivity contribution >= 4 is 17.7 Å². The Balaban J connectivity index is 1.74. The van der Waals surface area contributed by atoms with Crippen LogP contribution in [-0.4, -0.2) is 36.4 Å². The van der Waals surface area contributed by atoms with Crippen LogP contribution < -0.4 is 0 Å². The molecule has 21 heavy (non-hydrogen) atoms. The van der Waals surface area contributed by atoms with E-state index in [9.17, 15) is 4.79 Å². The molecule has 1 saturated heterocycles. The van der Waals surface area contributed by atoms with Gasteiger partial charge in [-0.05, 0) is 29.1 Å². The molecule has 0 aromatic heterocycles. The van der Waals surface area contributed by atoms with Crippen LogP contribution in [0.5, 0.6) is 0 Å². The third-order valence-electron chi connectivity index (χ3n) is 3.91. The zero-order chi connectivity index (χ0) is 14.2. The fourth-order valence-corrected chi connectivity index (χ4v) is 3.94. The molecular formula is C17H15NO2S. The van der Waals surface area contributed by atoms with Crippen LogP contribution >= 0.6 is 11.9 Å². The average molecular weight is 297 g/mol. The van der Waals surface area contributed by atoms with Crippen molar-refractivity contribution in [1.82, 2.24) is 4.31 Å². The van der Waals surface area contributed by atoms with Crippen molar-refractivity contribution in [2.24, 2.45) is 0 Å². The average Bonchev–Trinajstić information content (AvgIpc) is 2.83. The van der Waals surface area contributed by atoms with E-state index < -0.39 is 0 Å². The maximum atomic E-state index is 12.7. The molecule has 1 aliphatic heterocycles. The Kier molecular flexibility index (Phi) is 3.30. The Hall–Kier alpha value is -1.62. The van der Waals surface area contributed by atoms with E-state index in [1.165, 1.54) is 0 Å². The van der Waals surface area contributed by atoms with E-state index >= 15 is 0 Å². The molecule has 0 N–H and O–H groups in total. The summed E-state index contributed by atoms with van der Waals surface area (Å²) in [6.45, 7) is 3.32. The van der Waals surface area contributed by atoms with Crippen LogP contribution in [0.2, 0.25) is 0 Å². The number of benzene rings is 2. The Morgan fingerprint density at radius 2 is 1.62 bits per heavy atom. The highest BCUT2D eigenvalue weighted by atomic mass is 32.2. The number of morpholine rings is 1. The third-order valence-corrected chi connectivity index (χ3v) is 5.07. The highest BCUT2D eigenvalue weighted by molar-refractivity contribution is 7.97. The minimum absolute atomic E-state index is 0.150. The lowest BCUT2D eigenvalue weighted by Crippen LogP contribution is -2.31. The first kappa shape index (κ1) is 13.1. The standard InChI is InChI=1S/C17H15NO2S/c19-17-14-5-2-1-4-12(14)13-6-3-7-15(16(13)17)21-18-8-10-20-11-9-18/h1-7H,8-11H2. The number of nitrogens with zero attached hydrogens (tertiary/aromatic N) is 1. The molecule has 1 aliphatic carbocycles. The molecule has 0 atom stereocenters. The number of rotatable bonds is 2. The first-order valence-electron chi connectivity index (χ1n) is 7.12. The summed E-state index contributed by atoms with van der Waals surface area (Å²) in [7, 11) is 0. The van der Waals surface area contributed by atoms with Gasteiger partial charge in [0.25, 0.3) is 0 Å². The summed E-state index contributed by atoms with van der Waals surface area (Å²) in [4.78, 5) is 13.7. The van der Waals surface area contributed by atoms with Crippen LogP contribution in [0.4, 0.5) is 0 Å². The molecule has 3 nitrogen and oxygen atoms in total. The van der Waals surface area contributed by atoms with E-state index in [0.717, 1.165) is 53.5 Å². The predicted octanol–water partition coefficient (Wildman–Crippen LogP) is 3.24. The van der Waals surface area contributed by atoms with Gasteiger partial charge in [0.1, 0.15) is 0 Å². The van der Waals surface area contributed by atoms with E-state index in [0.29, 0.717) is 0 Å². The van der Waals surface area contributed by atoms with Crippen LogP contribution in [0.15, 0.2) is 47.4 Å². The van der Waals surface area contributed by atoms with Crippen molar-refractivity contribution in [3.8, 4) is 11.1 Å². The van der Waals surface area contributed by atoms with Gasteiger partial charge in [0.2, 0.25) is 0 Å². The molecule has 2 aromatic rings. The lowest BCUT2D eigenvalue weighted by molar-refractivity contribution is 0.0773. The van der Waals surface area contributed by atoms with Crippen molar-refractivity contribution in [3.05, 3.63) is 53.6 Å². The SMILES string of the molecule is O=C1c2ccccc2-c2cccc(SN3CCOCC3)c21. The number of hydrogen-bond donors (Lipinski definition) is 0. The number of hydrogen-bond acceptors (Lipinski definition) is 4. The molecule has 4 rings (SSSR count). The van der Waals surface area contributed by atoms with Gasteiger partial charge in [0.15, 0.2) is 5.78 Å². The first-order valence-corrected chi connectivity index (χ1v) is 7.90. The van der Waals surface area contributed by atoms with E-state index in [4.69, 9.17) is 4.74 Å². The van der Waals surface area contributed by atoms with Gasteiger partial charge in [0.05, 0.1) is 13.2 Å². The highest BCUT2D eigenvalue weighted by Crippen LogP contribution is 2.41. The maximum absolute atomic E-state index is 12.7. The molecule has 4 heteroatoms. The van der Waals surface area contributed by atoms with Crippen LogP contribution in [-0.2, 0) is 4.74 Å². The number of ketones is 1. The Labute approximate surface area is 128 Å². The van der Waals surface area contributed by atoms with Crippen molar-refractivity contribution in [1.29, 1.82) is 0 Å². The summed E-state index contributed by atoms with van der Waals surface area (Å²) in [5.41, 5.74) is 3.80. The second-order valence-corrected chi connectivity index (χ2v) is 6.32. The van der Waals surface area contributed by atoms with E-state index in [2.05, 4.69) is 4.31 Å². The monoisotopic (exact) mass is 297 g/mol. The van der Waals surface area contributed by atoms with E-state index in [1.54, 1.807) is 11.9 Å². The Bertz CT molecular complexity index is 708. The van der Waals surface area contributed by atoms with Gasteiger partial charge >= 0.3 is 0 Å². The molecule has 1 heterocycles. The van der Waals surface area contributed by atoms with Crippen molar-refractivity contribution in [2.75, 3.05) is 26.3 Å². The largest absolute Gasteiger partial charge is 0.379 e. The van der Waals surface area contributed by atoms with Gasteiger partial charge in [-0.25, -0.2) is 4.31 Å². The summed E-state index contributed by atoms with van der Waals surface area (Å²) >= 11 is 1.68. The van der Waals surface area contributed by atoms with Crippen LogP contribution in [0, 0.1) is 0 Å². The highest BCUT2D eigenvalue weighted by Gasteiger charge is 2.29. The van der Waals surface area contributed by atoms with Crippen LogP contribution in [0.25, 0.3) is 11.1 Å². The lowest BCUT2D eigenvalue weighted by Gasteiger charge is -2.25. The summed E-state index contributed by atoms with van der Waals surface area (Å²) in [6, 6.07) is 14.0. The van der Waals surface area contributed by atoms with Crippen molar-refractivity contribution in [3.63, 3.8) is 0 Å². The summed E-state index contributed by atoms with van der Waals surface area (Å²) in [6.07, 6.45) is 0. The minimum atomic E-state index is 0.150. The maximum Gasteiger partial charge on any atom is 0.195 e. The topological polar surface area (TPSA) is 29.5 Å². The molecule has 0 radical (unpaired) electrons. The molecule has 106 valence electrons. The van der Waals surface area contributed by atoms with Gasteiger partial charge in [-0.3, -0.25) is 4.79 Å². The molecule has 0 amide bonds. The molecule has 2 aliphatic rings. The zero-order valence-corrected chi connectivity index (χ0v) is 12.4. The zero-order valence-electron chi connectivity index (χ0n) is 11.5. The van der Waals surface area contributed by atoms with Crippen LogP contribution in [0.1, 0.15) is 15.9 Å². The van der Waals surface area contributed by atoms with E-state index in [1.807, 2.05) is 42.5 Å². The van der Waals surface area contributed by atoms with Gasteiger partial charge in [-0.2, -0.15) is 0 Å². The quantitative estimate of drug-likeness (QED) is 0.679. The van der Waals surface area contributed by atoms with Crippen molar-refractivity contribution < 1.29 is 9.53 Å². The first-order chi connectivity index (χ1) is 10.3. The number of fused-ring (bicyclic) bond motifs is 3.